The normalized spacial score (nSPS) is 18.3. The minimum Gasteiger partial charge on any atom is -0.505 e. The van der Waals surface area contributed by atoms with Gasteiger partial charge in [0.1, 0.15) is 11.4 Å². The van der Waals surface area contributed by atoms with E-state index >= 15 is 0 Å². The summed E-state index contributed by atoms with van der Waals surface area (Å²) in [5, 5.41) is 21.9. The summed E-state index contributed by atoms with van der Waals surface area (Å²) in [6, 6.07) is 5.44. The molecule has 2 aliphatic heterocycles. The van der Waals surface area contributed by atoms with Gasteiger partial charge in [0.05, 0.1) is 40.2 Å². The van der Waals surface area contributed by atoms with Crippen LogP contribution in [0.1, 0.15) is 40.6 Å². The number of hydrogen-bond donors (Lipinski definition) is 4. The van der Waals surface area contributed by atoms with Crippen LogP contribution >= 0.6 is 27.5 Å². The number of nitrogens with zero attached hydrogens (tertiary/aromatic N) is 4. The van der Waals surface area contributed by atoms with E-state index in [4.69, 9.17) is 16.3 Å². The molecule has 43 heavy (non-hydrogen) atoms. The number of hydrogen-bond acceptors (Lipinski definition) is 8. The van der Waals surface area contributed by atoms with Crippen molar-refractivity contribution in [3.63, 3.8) is 0 Å². The van der Waals surface area contributed by atoms with E-state index in [0.29, 0.717) is 16.5 Å². The molecule has 1 saturated heterocycles. The van der Waals surface area contributed by atoms with Crippen molar-refractivity contribution in [2.75, 3.05) is 25.0 Å². The highest BCUT2D eigenvalue weighted by atomic mass is 79.9. The van der Waals surface area contributed by atoms with Gasteiger partial charge in [-0.25, -0.2) is 4.98 Å². The fourth-order valence-electron chi connectivity index (χ4n) is 5.14. The van der Waals surface area contributed by atoms with Gasteiger partial charge in [0.15, 0.2) is 5.69 Å². The average molecular weight is 687 g/mol. The molecule has 1 aromatic carbocycles. The number of carbonyl (C=O) groups is 3. The van der Waals surface area contributed by atoms with Crippen molar-refractivity contribution in [3.8, 4) is 5.75 Å². The van der Waals surface area contributed by atoms with Gasteiger partial charge in [-0.3, -0.25) is 19.5 Å². The predicted octanol–water partition coefficient (Wildman–Crippen LogP) is 3.96. The van der Waals surface area contributed by atoms with Crippen LogP contribution in [0.3, 0.4) is 0 Å². The van der Waals surface area contributed by atoms with E-state index in [1.807, 2.05) is 0 Å². The number of aromatic nitrogens is 4. The molecule has 1 spiro atoms. The Labute approximate surface area is 255 Å². The van der Waals surface area contributed by atoms with Gasteiger partial charge in [0, 0.05) is 19.3 Å². The van der Waals surface area contributed by atoms with Crippen LogP contribution in [-0.2, 0) is 15.7 Å². The molecule has 2 aliphatic rings. The fourth-order valence-corrected chi connectivity index (χ4v) is 5.69. The molecule has 0 bridgehead atoms. The number of aromatic hydroxyl groups is 1. The molecule has 3 aromatic rings. The molecule has 228 valence electrons. The quantitative estimate of drug-likeness (QED) is 0.304. The molecule has 17 heteroatoms. The van der Waals surface area contributed by atoms with Crippen molar-refractivity contribution < 1.29 is 37.4 Å². The van der Waals surface area contributed by atoms with Gasteiger partial charge in [0.25, 0.3) is 11.8 Å². The number of carbonyl (C=O) groups excluding carboxylic acids is 3. The maximum absolute atomic E-state index is 13.6. The third kappa shape index (κ3) is 6.12. The zero-order valence-corrected chi connectivity index (χ0v) is 24.7. The number of piperidine rings is 1. The molecule has 0 unspecified atom stereocenters. The Balaban J connectivity index is 1.34. The summed E-state index contributed by atoms with van der Waals surface area (Å²) in [6.45, 7) is 1.69. The van der Waals surface area contributed by atoms with Crippen molar-refractivity contribution >= 4 is 50.9 Å². The molecule has 4 N–H and O–H groups in total. The lowest BCUT2D eigenvalue weighted by Crippen LogP contribution is -2.50. The van der Waals surface area contributed by atoms with Crippen LogP contribution in [-0.4, -0.2) is 79.0 Å². The van der Waals surface area contributed by atoms with Crippen molar-refractivity contribution in [2.24, 2.45) is 0 Å². The molecule has 1 atom stereocenters. The third-order valence-corrected chi connectivity index (χ3v) is 7.83. The lowest BCUT2D eigenvalue weighted by molar-refractivity contribution is -0.137. The standard InChI is InChI=1S/C26H24BrClF3N7O5/c1-13-20(33-12-18(40)34-16-5-4-14(11-15(16)28)26(29,30)31)19(22(41)38-35-24(27)36-38)25(43-13)6-9-37(10-7-25)23(42)21-17(39)3-2-8-32-21/h2-5,8,11,13,33,39H,6-7,9-10,12H2,1H3,(H,34,40)(H,35,36)/t13-/m1/s1. The predicted molar refractivity (Wildman–Crippen MR) is 149 cm³/mol. The van der Waals surface area contributed by atoms with Gasteiger partial charge < -0.3 is 25.4 Å². The van der Waals surface area contributed by atoms with E-state index in [1.54, 1.807) is 6.92 Å². The van der Waals surface area contributed by atoms with Crippen LogP contribution in [0.5, 0.6) is 5.75 Å². The van der Waals surface area contributed by atoms with Gasteiger partial charge in [-0.15, -0.1) is 9.90 Å². The molecule has 1 fully saturated rings. The number of benzene rings is 1. The molecular formula is C26H24BrClF3N7O5. The minimum absolute atomic E-state index is 0.0149. The zero-order valence-electron chi connectivity index (χ0n) is 22.3. The highest BCUT2D eigenvalue weighted by Crippen LogP contribution is 2.43. The third-order valence-electron chi connectivity index (χ3n) is 7.18. The Morgan fingerprint density at radius 1 is 1.23 bits per heavy atom. The number of H-pyrrole nitrogens is 1. The van der Waals surface area contributed by atoms with Crippen molar-refractivity contribution in [1.29, 1.82) is 0 Å². The number of ether oxygens (including phenoxy) is 1. The maximum Gasteiger partial charge on any atom is 0.416 e. The largest absolute Gasteiger partial charge is 0.505 e. The van der Waals surface area contributed by atoms with Crippen LogP contribution < -0.4 is 10.6 Å². The van der Waals surface area contributed by atoms with Gasteiger partial charge in [-0.1, -0.05) is 11.6 Å². The van der Waals surface area contributed by atoms with Crippen LogP contribution in [0.2, 0.25) is 5.02 Å². The number of amides is 2. The smallest absolute Gasteiger partial charge is 0.416 e. The summed E-state index contributed by atoms with van der Waals surface area (Å²) in [5.41, 5.74) is -1.66. The number of anilines is 1. The molecule has 12 nitrogen and oxygen atoms in total. The molecule has 4 heterocycles. The summed E-state index contributed by atoms with van der Waals surface area (Å²) >= 11 is 9.09. The summed E-state index contributed by atoms with van der Waals surface area (Å²) in [6.07, 6.45) is -3.42. The Hall–Kier alpha value is -3.89. The second-order valence-electron chi connectivity index (χ2n) is 9.92. The first-order valence-corrected chi connectivity index (χ1v) is 14.1. The average Bonchev–Trinajstić information content (AvgIpc) is 3.20. The van der Waals surface area contributed by atoms with E-state index in [0.717, 1.165) is 16.9 Å². The number of halogens is 5. The van der Waals surface area contributed by atoms with E-state index in [1.165, 1.54) is 23.2 Å². The van der Waals surface area contributed by atoms with Crippen molar-refractivity contribution in [2.45, 2.75) is 37.6 Å². The lowest BCUT2D eigenvalue weighted by Gasteiger charge is -2.40. The second kappa shape index (κ2) is 11.7. The van der Waals surface area contributed by atoms with Crippen LogP contribution in [0, 0.1) is 0 Å². The Morgan fingerprint density at radius 2 is 1.93 bits per heavy atom. The topological polar surface area (TPSA) is 154 Å². The van der Waals surface area contributed by atoms with Crippen molar-refractivity contribution in [1.82, 2.24) is 30.2 Å². The number of aromatic amines is 1. The maximum atomic E-state index is 13.6. The summed E-state index contributed by atoms with van der Waals surface area (Å²) < 4.78 is 45.5. The number of likely N-dealkylation sites (tertiary alicyclic amines) is 1. The van der Waals surface area contributed by atoms with Crippen LogP contribution in [0.4, 0.5) is 18.9 Å². The van der Waals surface area contributed by atoms with Gasteiger partial charge >= 0.3 is 6.18 Å². The lowest BCUT2D eigenvalue weighted by atomic mass is 9.83. The highest BCUT2D eigenvalue weighted by Gasteiger charge is 2.52. The molecular weight excluding hydrogens is 663 g/mol. The van der Waals surface area contributed by atoms with Crippen LogP contribution in [0.15, 0.2) is 52.5 Å². The zero-order chi connectivity index (χ0) is 31.1. The SMILES string of the molecule is C[C@H]1OC2(CCN(C(=O)c3ncccc3O)CC2)C(C(=O)n2nc(Br)[nH]2)=C1NCC(=O)Nc1ccc(C(F)(F)F)cc1Cl. The van der Waals surface area contributed by atoms with E-state index in [2.05, 4.69) is 41.7 Å². The fraction of sp³-hybridized carbons (Fsp3) is 0.346. The van der Waals surface area contributed by atoms with Gasteiger partial charge in [-0.05, 0) is 66.0 Å². The van der Waals surface area contributed by atoms with E-state index in [9.17, 15) is 32.7 Å². The first kappa shape index (κ1) is 30.6. The number of nitrogens with one attached hydrogen (secondary N) is 3. The molecule has 5 rings (SSSR count). The molecule has 0 radical (unpaired) electrons. The number of rotatable bonds is 6. The molecule has 0 aliphatic carbocycles. The first-order valence-electron chi connectivity index (χ1n) is 12.9. The van der Waals surface area contributed by atoms with Gasteiger partial charge in [-0.2, -0.15) is 13.2 Å². The molecule has 2 aromatic heterocycles. The minimum atomic E-state index is -4.59. The van der Waals surface area contributed by atoms with Crippen molar-refractivity contribution in [3.05, 3.63) is 68.8 Å². The van der Waals surface area contributed by atoms with E-state index in [-0.39, 0.29) is 60.2 Å². The second-order valence-corrected chi connectivity index (χ2v) is 11.1. The highest BCUT2D eigenvalue weighted by molar-refractivity contribution is 9.10. The first-order chi connectivity index (χ1) is 20.3. The number of alkyl halides is 3. The molecule has 2 amide bonds. The summed E-state index contributed by atoms with van der Waals surface area (Å²) in [4.78, 5) is 45.9. The monoisotopic (exact) mass is 685 g/mol. The van der Waals surface area contributed by atoms with Gasteiger partial charge in [0.2, 0.25) is 10.6 Å². The van der Waals surface area contributed by atoms with E-state index < -0.39 is 41.2 Å². The summed E-state index contributed by atoms with van der Waals surface area (Å²) in [5.74, 6) is -1.88. The van der Waals surface area contributed by atoms with Crippen LogP contribution in [0.25, 0.3) is 0 Å². The number of pyridine rings is 1. The Morgan fingerprint density at radius 3 is 2.53 bits per heavy atom. The Bertz CT molecular complexity index is 1600. The molecule has 0 saturated carbocycles. The Kier molecular flexibility index (Phi) is 8.28. The summed E-state index contributed by atoms with van der Waals surface area (Å²) in [7, 11) is 0.